The molecule has 20 heavy (non-hydrogen) atoms. The van der Waals surface area contributed by atoms with Gasteiger partial charge in [0, 0.05) is 29.6 Å². The van der Waals surface area contributed by atoms with Crippen LogP contribution in [0.15, 0.2) is 36.4 Å². The topological polar surface area (TPSA) is 47.3 Å². The monoisotopic (exact) mass is 278 g/mol. The Hall–Kier alpha value is -2.30. The molecule has 0 aliphatic carbocycles. The summed E-state index contributed by atoms with van der Waals surface area (Å²) in [5, 5.41) is 2.86. The molecule has 0 aliphatic heterocycles. The average Bonchev–Trinajstić information content (AvgIpc) is 2.39. The second-order valence-electron chi connectivity index (χ2n) is 4.39. The first-order valence-electron chi connectivity index (χ1n) is 6.34. The Balaban J connectivity index is 2.21. The Labute approximate surface area is 116 Å². The van der Waals surface area contributed by atoms with Gasteiger partial charge < -0.3 is 15.8 Å². The van der Waals surface area contributed by atoms with Gasteiger partial charge in [-0.2, -0.15) is 0 Å². The molecule has 0 aliphatic rings. The van der Waals surface area contributed by atoms with Crippen LogP contribution in [0, 0.1) is 11.6 Å². The summed E-state index contributed by atoms with van der Waals surface area (Å²) in [6, 6.07) is 8.41. The molecule has 2 aromatic rings. The van der Waals surface area contributed by atoms with Crippen LogP contribution in [0.4, 0.5) is 25.8 Å². The number of nitrogens with one attached hydrogen (secondary N) is 1. The predicted molar refractivity (Wildman–Crippen MR) is 76.3 cm³/mol. The number of rotatable bonds is 5. The molecule has 0 saturated carbocycles. The zero-order chi connectivity index (χ0) is 14.5. The number of benzene rings is 2. The Morgan fingerprint density at radius 2 is 1.95 bits per heavy atom. The minimum absolute atomic E-state index is 0.179. The number of hydrogen-bond acceptors (Lipinski definition) is 3. The van der Waals surface area contributed by atoms with Gasteiger partial charge in [-0.15, -0.1) is 0 Å². The van der Waals surface area contributed by atoms with Gasteiger partial charge in [0.15, 0.2) is 0 Å². The second-order valence-corrected chi connectivity index (χ2v) is 4.39. The summed E-state index contributed by atoms with van der Waals surface area (Å²) in [5.41, 5.74) is 7.04. The van der Waals surface area contributed by atoms with Crippen LogP contribution in [0.1, 0.15) is 13.3 Å². The van der Waals surface area contributed by atoms with Crippen LogP contribution in [-0.2, 0) is 0 Å². The molecule has 106 valence electrons. The Morgan fingerprint density at radius 3 is 2.65 bits per heavy atom. The lowest BCUT2D eigenvalue weighted by molar-refractivity contribution is 0.318. The third-order valence-corrected chi connectivity index (χ3v) is 2.61. The summed E-state index contributed by atoms with van der Waals surface area (Å²) in [6.07, 6.45) is 0.879. The lowest BCUT2D eigenvalue weighted by Crippen LogP contribution is -1.99. The predicted octanol–water partition coefficient (Wildman–Crippen LogP) is 4.08. The van der Waals surface area contributed by atoms with E-state index < -0.39 is 11.6 Å². The van der Waals surface area contributed by atoms with E-state index in [4.69, 9.17) is 10.5 Å². The second kappa shape index (κ2) is 6.23. The van der Waals surface area contributed by atoms with Crippen molar-refractivity contribution in [1.29, 1.82) is 0 Å². The van der Waals surface area contributed by atoms with Crippen molar-refractivity contribution in [2.24, 2.45) is 0 Å². The number of halogens is 2. The maximum absolute atomic E-state index is 13.6. The zero-order valence-electron chi connectivity index (χ0n) is 11.1. The molecule has 0 spiro atoms. The third-order valence-electron chi connectivity index (χ3n) is 2.61. The van der Waals surface area contributed by atoms with Crippen molar-refractivity contribution in [3.63, 3.8) is 0 Å². The van der Waals surface area contributed by atoms with Gasteiger partial charge in [0.25, 0.3) is 0 Å². The molecule has 0 fully saturated rings. The van der Waals surface area contributed by atoms with Gasteiger partial charge in [-0.05, 0) is 24.6 Å². The molecule has 0 aromatic heterocycles. The number of nitrogens with two attached hydrogens (primary N) is 1. The molecule has 2 aromatic carbocycles. The fourth-order valence-electron chi connectivity index (χ4n) is 1.74. The average molecular weight is 278 g/mol. The van der Waals surface area contributed by atoms with Gasteiger partial charge in [-0.1, -0.05) is 6.92 Å². The van der Waals surface area contributed by atoms with E-state index in [9.17, 15) is 8.78 Å². The van der Waals surface area contributed by atoms with E-state index in [2.05, 4.69) is 5.32 Å². The molecule has 0 bridgehead atoms. The van der Waals surface area contributed by atoms with Crippen LogP contribution in [0.5, 0.6) is 5.75 Å². The van der Waals surface area contributed by atoms with Gasteiger partial charge in [-0.25, -0.2) is 8.78 Å². The first-order valence-corrected chi connectivity index (χ1v) is 6.34. The summed E-state index contributed by atoms with van der Waals surface area (Å²) < 4.78 is 31.9. The third kappa shape index (κ3) is 3.60. The van der Waals surface area contributed by atoms with Gasteiger partial charge >= 0.3 is 0 Å². The highest BCUT2D eigenvalue weighted by Gasteiger charge is 2.06. The van der Waals surface area contributed by atoms with Crippen molar-refractivity contribution in [2.75, 3.05) is 17.7 Å². The van der Waals surface area contributed by atoms with E-state index in [0.717, 1.165) is 12.5 Å². The summed E-state index contributed by atoms with van der Waals surface area (Å²) in [4.78, 5) is 0. The number of nitrogen functional groups attached to an aromatic ring is 1. The van der Waals surface area contributed by atoms with Gasteiger partial charge in [0.1, 0.15) is 17.4 Å². The molecule has 0 radical (unpaired) electrons. The van der Waals surface area contributed by atoms with Gasteiger partial charge in [0.05, 0.1) is 12.3 Å². The number of anilines is 3. The summed E-state index contributed by atoms with van der Waals surface area (Å²) in [7, 11) is 0. The Kier molecular flexibility index (Phi) is 4.40. The molecule has 0 atom stereocenters. The SMILES string of the molecule is CCCOc1cc(N)cc(Nc2ccc(F)cc2F)c1. The maximum Gasteiger partial charge on any atom is 0.149 e. The van der Waals surface area contributed by atoms with Crippen LogP contribution in [0.2, 0.25) is 0 Å². The smallest absolute Gasteiger partial charge is 0.149 e. The molecule has 0 amide bonds. The molecule has 0 heterocycles. The minimum Gasteiger partial charge on any atom is -0.493 e. The summed E-state index contributed by atoms with van der Waals surface area (Å²) in [6.45, 7) is 2.58. The first-order chi connectivity index (χ1) is 9.58. The van der Waals surface area contributed by atoms with Crippen LogP contribution in [-0.4, -0.2) is 6.61 Å². The fourth-order valence-corrected chi connectivity index (χ4v) is 1.74. The first kappa shape index (κ1) is 14.1. The molecular weight excluding hydrogens is 262 g/mol. The van der Waals surface area contributed by atoms with Crippen molar-refractivity contribution < 1.29 is 13.5 Å². The Bertz CT molecular complexity index is 602. The lowest BCUT2D eigenvalue weighted by atomic mass is 10.2. The highest BCUT2D eigenvalue weighted by atomic mass is 19.1. The zero-order valence-corrected chi connectivity index (χ0v) is 11.1. The van der Waals surface area contributed by atoms with Gasteiger partial charge in [-0.3, -0.25) is 0 Å². The van der Waals surface area contributed by atoms with Crippen molar-refractivity contribution in [3.8, 4) is 5.75 Å². The molecule has 3 nitrogen and oxygen atoms in total. The largest absolute Gasteiger partial charge is 0.493 e. The minimum atomic E-state index is -0.663. The van der Waals surface area contributed by atoms with E-state index in [0.29, 0.717) is 23.7 Å². The van der Waals surface area contributed by atoms with E-state index >= 15 is 0 Å². The maximum atomic E-state index is 13.6. The van der Waals surface area contributed by atoms with Gasteiger partial charge in [0.2, 0.25) is 0 Å². The lowest BCUT2D eigenvalue weighted by Gasteiger charge is -2.11. The van der Waals surface area contributed by atoms with Crippen molar-refractivity contribution in [2.45, 2.75) is 13.3 Å². The van der Waals surface area contributed by atoms with Crippen LogP contribution in [0.3, 0.4) is 0 Å². The molecule has 2 rings (SSSR count). The number of ether oxygens (including phenoxy) is 1. The quantitative estimate of drug-likeness (QED) is 0.810. The van der Waals surface area contributed by atoms with E-state index in [1.54, 1.807) is 18.2 Å². The van der Waals surface area contributed by atoms with Crippen molar-refractivity contribution in [3.05, 3.63) is 48.0 Å². The highest BCUT2D eigenvalue weighted by molar-refractivity contribution is 5.66. The molecule has 3 N–H and O–H groups in total. The fraction of sp³-hybridized carbons (Fsp3) is 0.200. The normalized spacial score (nSPS) is 10.3. The highest BCUT2D eigenvalue weighted by Crippen LogP contribution is 2.27. The molecule has 0 unspecified atom stereocenters. The number of hydrogen-bond donors (Lipinski definition) is 2. The van der Waals surface area contributed by atoms with Crippen molar-refractivity contribution >= 4 is 17.1 Å². The van der Waals surface area contributed by atoms with E-state index in [1.165, 1.54) is 12.1 Å². The molecule has 5 heteroatoms. The van der Waals surface area contributed by atoms with E-state index in [-0.39, 0.29) is 5.69 Å². The Morgan fingerprint density at radius 1 is 1.15 bits per heavy atom. The van der Waals surface area contributed by atoms with E-state index in [1.807, 2.05) is 6.92 Å². The van der Waals surface area contributed by atoms with Crippen LogP contribution < -0.4 is 15.8 Å². The standard InChI is InChI=1S/C15H16F2N2O/c1-2-5-20-13-8-11(18)7-12(9-13)19-15-4-3-10(16)6-14(15)17/h3-4,6-9,19H,2,5,18H2,1H3. The van der Waals surface area contributed by atoms with Crippen molar-refractivity contribution in [1.82, 2.24) is 0 Å². The molecular formula is C15H16F2N2O. The van der Waals surface area contributed by atoms with Crippen LogP contribution in [0.25, 0.3) is 0 Å². The van der Waals surface area contributed by atoms with Crippen LogP contribution >= 0.6 is 0 Å². The molecule has 0 saturated heterocycles. The summed E-state index contributed by atoms with van der Waals surface area (Å²) >= 11 is 0. The summed E-state index contributed by atoms with van der Waals surface area (Å²) in [5.74, 6) is -0.673.